The Labute approximate surface area is 185 Å². The van der Waals surface area contributed by atoms with Crippen molar-refractivity contribution in [1.82, 2.24) is 9.78 Å². The van der Waals surface area contributed by atoms with Crippen LogP contribution in [0.25, 0.3) is 0 Å². The van der Waals surface area contributed by atoms with Crippen molar-refractivity contribution in [3.8, 4) is 11.5 Å². The van der Waals surface area contributed by atoms with Gasteiger partial charge in [0.05, 0.1) is 6.04 Å². The minimum Gasteiger partial charge on any atom is -0.454 e. The fourth-order valence-corrected chi connectivity index (χ4v) is 4.07. The Morgan fingerprint density at radius 3 is 2.66 bits per heavy atom. The van der Waals surface area contributed by atoms with E-state index in [9.17, 15) is 18.0 Å². The number of nitrogens with one attached hydrogen (secondary N) is 2. The number of hydrogen-bond acceptors (Lipinski definition) is 5. The maximum atomic E-state index is 13.9. The molecule has 3 heterocycles. The smallest absolute Gasteiger partial charge is 0.410 e. The van der Waals surface area contributed by atoms with Crippen LogP contribution in [0.2, 0.25) is 5.02 Å². The van der Waals surface area contributed by atoms with E-state index in [0.29, 0.717) is 22.7 Å². The Bertz CT molecular complexity index is 1180. The van der Waals surface area contributed by atoms with E-state index in [-0.39, 0.29) is 29.7 Å². The first-order valence-corrected chi connectivity index (χ1v) is 10.1. The summed E-state index contributed by atoms with van der Waals surface area (Å²) in [5.74, 6) is 0.185. The van der Waals surface area contributed by atoms with Gasteiger partial charge in [0.25, 0.3) is 5.91 Å². The topological polar surface area (TPSA) is 77.4 Å². The molecule has 2 aliphatic heterocycles. The van der Waals surface area contributed by atoms with Crippen LogP contribution in [-0.4, -0.2) is 28.7 Å². The molecule has 0 spiro atoms. The van der Waals surface area contributed by atoms with Gasteiger partial charge in [-0.3, -0.25) is 4.79 Å². The monoisotopic (exact) mass is 464 g/mol. The molecule has 7 nitrogen and oxygen atoms in total. The minimum absolute atomic E-state index is 0.0510. The fourth-order valence-electron chi connectivity index (χ4n) is 3.80. The summed E-state index contributed by atoms with van der Waals surface area (Å²) in [6.45, 7) is 0.0689. The van der Waals surface area contributed by atoms with Crippen molar-refractivity contribution in [3.63, 3.8) is 0 Å². The number of ether oxygens (including phenoxy) is 2. The lowest BCUT2D eigenvalue weighted by Crippen LogP contribution is -2.35. The van der Waals surface area contributed by atoms with Crippen molar-refractivity contribution in [1.29, 1.82) is 0 Å². The van der Waals surface area contributed by atoms with Crippen molar-refractivity contribution in [2.45, 2.75) is 24.7 Å². The summed E-state index contributed by atoms with van der Waals surface area (Å²) >= 11 is 6.35. The predicted molar refractivity (Wildman–Crippen MR) is 110 cm³/mol. The lowest BCUT2D eigenvalue weighted by Gasteiger charge is -2.33. The van der Waals surface area contributed by atoms with Gasteiger partial charge in [0.1, 0.15) is 10.8 Å². The second kappa shape index (κ2) is 7.63. The second-order valence-electron chi connectivity index (χ2n) is 7.38. The zero-order valence-corrected chi connectivity index (χ0v) is 17.1. The number of amides is 1. The van der Waals surface area contributed by atoms with Crippen molar-refractivity contribution in [3.05, 3.63) is 64.8 Å². The summed E-state index contributed by atoms with van der Waals surface area (Å²) in [7, 11) is 0. The quantitative estimate of drug-likeness (QED) is 0.558. The molecule has 2 unspecified atom stereocenters. The third kappa shape index (κ3) is 3.60. The molecule has 2 N–H and O–H groups in total. The summed E-state index contributed by atoms with van der Waals surface area (Å²) in [5.41, 5.74) is 0.732. The Morgan fingerprint density at radius 2 is 1.91 bits per heavy atom. The lowest BCUT2D eigenvalue weighted by atomic mass is 9.97. The Hall–Kier alpha value is -3.40. The van der Waals surface area contributed by atoms with Gasteiger partial charge in [-0.1, -0.05) is 41.9 Å². The SMILES string of the molecule is O=C(Nc1ccc2c(c1)OCO2)c1nn2c(c1Cl)NC(c1ccccc1)CC2C(F)(F)F. The maximum absolute atomic E-state index is 13.9. The number of halogens is 4. The van der Waals surface area contributed by atoms with E-state index >= 15 is 0 Å². The number of rotatable bonds is 3. The molecule has 2 atom stereocenters. The molecule has 0 saturated carbocycles. The van der Waals surface area contributed by atoms with Gasteiger partial charge in [0.2, 0.25) is 6.79 Å². The number of hydrogen-bond donors (Lipinski definition) is 2. The molecule has 1 aromatic heterocycles. The Morgan fingerprint density at radius 1 is 1.16 bits per heavy atom. The first-order valence-electron chi connectivity index (χ1n) is 9.68. The van der Waals surface area contributed by atoms with Crippen LogP contribution in [0.3, 0.4) is 0 Å². The molecule has 0 fully saturated rings. The normalized spacial score (nSPS) is 19.2. The number of benzene rings is 2. The number of fused-ring (bicyclic) bond motifs is 2. The first-order chi connectivity index (χ1) is 15.3. The van der Waals surface area contributed by atoms with Gasteiger partial charge >= 0.3 is 6.18 Å². The molecule has 11 heteroatoms. The summed E-state index contributed by atoms with van der Waals surface area (Å²) in [5, 5.41) is 9.35. The number of nitrogens with zero attached hydrogens (tertiary/aromatic N) is 2. The number of aromatic nitrogens is 2. The molecule has 1 amide bonds. The molecule has 0 saturated heterocycles. The van der Waals surface area contributed by atoms with Crippen LogP contribution in [0, 0.1) is 0 Å². The fraction of sp³-hybridized carbons (Fsp3) is 0.238. The summed E-state index contributed by atoms with van der Waals surface area (Å²) < 4.78 is 52.8. The van der Waals surface area contributed by atoms with E-state index in [2.05, 4.69) is 15.7 Å². The average molecular weight is 465 g/mol. The number of carbonyl (C=O) groups excluding carboxylic acids is 1. The van der Waals surface area contributed by atoms with E-state index in [1.54, 1.807) is 48.5 Å². The zero-order valence-electron chi connectivity index (χ0n) is 16.3. The van der Waals surface area contributed by atoms with Gasteiger partial charge in [-0.25, -0.2) is 4.68 Å². The van der Waals surface area contributed by atoms with E-state index < -0.39 is 24.2 Å². The Balaban J connectivity index is 1.47. The van der Waals surface area contributed by atoms with E-state index in [1.165, 1.54) is 0 Å². The molecule has 0 radical (unpaired) electrons. The van der Waals surface area contributed by atoms with E-state index in [1.807, 2.05) is 0 Å². The van der Waals surface area contributed by atoms with Crippen LogP contribution in [-0.2, 0) is 0 Å². The van der Waals surface area contributed by atoms with E-state index in [4.69, 9.17) is 21.1 Å². The number of anilines is 2. The lowest BCUT2D eigenvalue weighted by molar-refractivity contribution is -0.173. The molecule has 166 valence electrons. The standard InChI is InChI=1S/C21H16ClF3N4O3/c22-17-18(20(30)26-12-6-7-14-15(8-12)32-10-31-14)28-29-16(21(23,24)25)9-13(27-19(17)29)11-4-2-1-3-5-11/h1-8,13,16,27H,9-10H2,(H,26,30). The van der Waals surface area contributed by atoms with Crippen LogP contribution < -0.4 is 20.1 Å². The third-order valence-corrected chi connectivity index (χ3v) is 5.70. The van der Waals surface area contributed by atoms with Gasteiger partial charge in [0, 0.05) is 18.2 Å². The van der Waals surface area contributed by atoms with Crippen LogP contribution in [0.1, 0.15) is 34.6 Å². The maximum Gasteiger partial charge on any atom is 0.410 e. The first kappa shape index (κ1) is 20.5. The highest BCUT2D eigenvalue weighted by molar-refractivity contribution is 6.36. The van der Waals surface area contributed by atoms with Crippen LogP contribution >= 0.6 is 11.6 Å². The minimum atomic E-state index is -4.58. The molecule has 2 aliphatic rings. The van der Waals surface area contributed by atoms with Crippen LogP contribution in [0.5, 0.6) is 11.5 Å². The molecule has 0 bridgehead atoms. The largest absolute Gasteiger partial charge is 0.454 e. The van der Waals surface area contributed by atoms with Gasteiger partial charge < -0.3 is 20.1 Å². The van der Waals surface area contributed by atoms with Crippen molar-refractivity contribution in [2.24, 2.45) is 0 Å². The highest BCUT2D eigenvalue weighted by Crippen LogP contribution is 2.46. The van der Waals surface area contributed by atoms with Gasteiger partial charge in [0.15, 0.2) is 23.2 Å². The zero-order chi connectivity index (χ0) is 22.5. The van der Waals surface area contributed by atoms with Gasteiger partial charge in [-0.05, 0) is 17.7 Å². The highest BCUT2D eigenvalue weighted by atomic mass is 35.5. The summed E-state index contributed by atoms with van der Waals surface area (Å²) in [6.07, 6.45) is -4.87. The number of alkyl halides is 3. The molecule has 32 heavy (non-hydrogen) atoms. The predicted octanol–water partition coefficient (Wildman–Crippen LogP) is 5.18. The highest BCUT2D eigenvalue weighted by Gasteiger charge is 2.47. The van der Waals surface area contributed by atoms with Gasteiger partial charge in [-0.15, -0.1) is 0 Å². The summed E-state index contributed by atoms with van der Waals surface area (Å²) in [4.78, 5) is 12.8. The van der Waals surface area contributed by atoms with Gasteiger partial charge in [-0.2, -0.15) is 18.3 Å². The van der Waals surface area contributed by atoms with Crippen LogP contribution in [0.15, 0.2) is 48.5 Å². The third-order valence-electron chi connectivity index (χ3n) is 5.34. The van der Waals surface area contributed by atoms with Crippen molar-refractivity contribution >= 4 is 29.0 Å². The average Bonchev–Trinajstić information content (AvgIpc) is 3.37. The number of carbonyl (C=O) groups is 1. The van der Waals surface area contributed by atoms with E-state index in [0.717, 1.165) is 4.68 Å². The molecular formula is C21H16ClF3N4O3. The van der Waals surface area contributed by atoms with Crippen LogP contribution in [0.4, 0.5) is 24.7 Å². The summed E-state index contributed by atoms with van der Waals surface area (Å²) in [6, 6.07) is 10.9. The molecule has 2 aromatic carbocycles. The Kier molecular flexibility index (Phi) is 4.89. The molecule has 0 aliphatic carbocycles. The second-order valence-corrected chi connectivity index (χ2v) is 7.76. The molecular weight excluding hydrogens is 449 g/mol. The molecule has 5 rings (SSSR count). The molecule has 3 aromatic rings. The van der Waals surface area contributed by atoms with Crippen molar-refractivity contribution < 1.29 is 27.4 Å². The van der Waals surface area contributed by atoms with Crippen molar-refractivity contribution in [2.75, 3.05) is 17.4 Å².